The molecule has 1 N–H and O–H groups in total. The first-order valence-corrected chi connectivity index (χ1v) is 11.1. The second kappa shape index (κ2) is 10.8. The third-order valence-corrected chi connectivity index (χ3v) is 5.85. The van der Waals surface area contributed by atoms with E-state index in [9.17, 15) is 14.9 Å². The number of hydrogen-bond donors (Lipinski definition) is 1. The highest BCUT2D eigenvalue weighted by molar-refractivity contribution is 6.04. The lowest BCUT2D eigenvalue weighted by Gasteiger charge is -2.23. The van der Waals surface area contributed by atoms with Gasteiger partial charge in [-0.15, -0.1) is 0 Å². The molecule has 1 saturated heterocycles. The van der Waals surface area contributed by atoms with Gasteiger partial charge in [0.2, 0.25) is 0 Å². The molecular formula is C25H27N5O4. The zero-order chi connectivity index (χ0) is 23.9. The summed E-state index contributed by atoms with van der Waals surface area (Å²) in [6.07, 6.45) is 2.59. The molecule has 0 saturated carbocycles. The molecule has 0 aliphatic carbocycles. The van der Waals surface area contributed by atoms with Crippen LogP contribution in [0.25, 0.3) is 0 Å². The lowest BCUT2D eigenvalue weighted by Crippen LogP contribution is -2.31. The van der Waals surface area contributed by atoms with Crippen LogP contribution in [0.5, 0.6) is 5.75 Å². The van der Waals surface area contributed by atoms with Crippen LogP contribution in [0, 0.1) is 10.1 Å². The maximum Gasteiger partial charge on any atom is 0.273 e. The number of carbonyl (C=O) groups is 1. The van der Waals surface area contributed by atoms with Gasteiger partial charge in [-0.25, -0.2) is 4.98 Å². The Bertz CT molecular complexity index is 1130. The molecule has 2 aromatic carbocycles. The smallest absolute Gasteiger partial charge is 0.273 e. The topological polar surface area (TPSA) is 101 Å². The lowest BCUT2D eigenvalue weighted by atomic mass is 10.1. The summed E-state index contributed by atoms with van der Waals surface area (Å²) in [5, 5.41) is 14.2. The number of carbonyl (C=O) groups excluding carboxylic acids is 1. The van der Waals surface area contributed by atoms with Crippen LogP contribution in [0.15, 0.2) is 66.9 Å². The third kappa shape index (κ3) is 5.68. The molecule has 3 aromatic rings. The van der Waals surface area contributed by atoms with E-state index in [1.807, 2.05) is 24.3 Å². The molecule has 9 heteroatoms. The quantitative estimate of drug-likeness (QED) is 0.420. The molecule has 176 valence electrons. The molecular weight excluding hydrogens is 434 g/mol. The Balaban J connectivity index is 1.34. The SMILES string of the molecule is COc1ccc(C(=O)Nc2ccc(N3CCCN(Cc4ccccc4[N+](=O)[O-])CC3)nc2)cc1. The summed E-state index contributed by atoms with van der Waals surface area (Å²) in [7, 11) is 1.58. The van der Waals surface area contributed by atoms with Crippen molar-refractivity contribution < 1.29 is 14.5 Å². The Hall–Kier alpha value is -3.98. The molecule has 34 heavy (non-hydrogen) atoms. The van der Waals surface area contributed by atoms with E-state index in [1.165, 1.54) is 0 Å². The first-order chi connectivity index (χ1) is 16.5. The Labute approximate surface area is 198 Å². The first-order valence-electron chi connectivity index (χ1n) is 11.1. The molecule has 1 aliphatic heterocycles. The largest absolute Gasteiger partial charge is 0.497 e. The van der Waals surface area contributed by atoms with E-state index in [0.717, 1.165) is 44.0 Å². The average molecular weight is 462 g/mol. The van der Waals surface area contributed by atoms with Crippen molar-refractivity contribution in [2.45, 2.75) is 13.0 Å². The van der Waals surface area contributed by atoms with E-state index in [4.69, 9.17) is 4.74 Å². The monoisotopic (exact) mass is 461 g/mol. The molecule has 0 unspecified atom stereocenters. The van der Waals surface area contributed by atoms with E-state index < -0.39 is 0 Å². The number of nitrogens with zero attached hydrogens (tertiary/aromatic N) is 4. The molecule has 0 spiro atoms. The van der Waals surface area contributed by atoms with Crippen molar-refractivity contribution in [2.75, 3.05) is 43.5 Å². The van der Waals surface area contributed by atoms with Gasteiger partial charge in [0.15, 0.2) is 0 Å². The number of ether oxygens (including phenoxy) is 1. The maximum absolute atomic E-state index is 12.5. The molecule has 1 aliphatic rings. The minimum Gasteiger partial charge on any atom is -0.497 e. The Kier molecular flexibility index (Phi) is 7.34. The number of nitro benzene ring substituents is 1. The van der Waals surface area contributed by atoms with Crippen LogP contribution < -0.4 is 15.0 Å². The van der Waals surface area contributed by atoms with Crippen LogP contribution in [-0.4, -0.2) is 54.0 Å². The Morgan fingerprint density at radius 1 is 1.06 bits per heavy atom. The standard InChI is InChI=1S/C25H27N5O4/c1-34-22-10-7-19(8-11-22)25(31)27-21-9-12-24(26-17-21)29-14-4-13-28(15-16-29)18-20-5-2-3-6-23(20)30(32)33/h2-3,5-12,17H,4,13-16,18H2,1H3,(H,27,31). The zero-order valence-electron chi connectivity index (χ0n) is 19.0. The van der Waals surface area contributed by atoms with Crippen molar-refractivity contribution in [1.29, 1.82) is 0 Å². The minimum absolute atomic E-state index is 0.164. The second-order valence-electron chi connectivity index (χ2n) is 8.09. The van der Waals surface area contributed by atoms with Crippen molar-refractivity contribution >= 4 is 23.1 Å². The number of amides is 1. The van der Waals surface area contributed by atoms with Gasteiger partial charge in [0.05, 0.1) is 23.9 Å². The number of hydrogen-bond acceptors (Lipinski definition) is 7. The maximum atomic E-state index is 12.5. The fourth-order valence-electron chi connectivity index (χ4n) is 4.01. The van der Waals surface area contributed by atoms with Crippen molar-refractivity contribution in [3.05, 3.63) is 88.1 Å². The number of anilines is 2. The van der Waals surface area contributed by atoms with Crippen LogP contribution in [-0.2, 0) is 6.54 Å². The second-order valence-corrected chi connectivity index (χ2v) is 8.09. The molecule has 0 atom stereocenters. The minimum atomic E-state index is -0.321. The number of pyridine rings is 1. The molecule has 2 heterocycles. The normalized spacial score (nSPS) is 14.3. The van der Waals surface area contributed by atoms with Gasteiger partial charge in [-0.05, 0) is 42.8 Å². The van der Waals surface area contributed by atoms with Gasteiger partial charge in [-0.2, -0.15) is 0 Å². The highest BCUT2D eigenvalue weighted by Gasteiger charge is 2.20. The summed E-state index contributed by atoms with van der Waals surface area (Å²) in [5.41, 5.74) is 2.06. The van der Waals surface area contributed by atoms with Crippen molar-refractivity contribution in [2.24, 2.45) is 0 Å². The molecule has 1 amide bonds. The fourth-order valence-corrected chi connectivity index (χ4v) is 4.01. The highest BCUT2D eigenvalue weighted by atomic mass is 16.6. The summed E-state index contributed by atoms with van der Waals surface area (Å²) in [4.78, 5) is 32.4. The molecule has 0 radical (unpaired) electrons. The van der Waals surface area contributed by atoms with Gasteiger partial charge in [0.1, 0.15) is 11.6 Å². The van der Waals surface area contributed by atoms with Crippen LogP contribution in [0.4, 0.5) is 17.2 Å². The molecule has 1 fully saturated rings. The predicted molar refractivity (Wildman–Crippen MR) is 130 cm³/mol. The predicted octanol–water partition coefficient (Wildman–Crippen LogP) is 3.96. The van der Waals surface area contributed by atoms with E-state index >= 15 is 0 Å². The first kappa shape index (κ1) is 23.2. The molecule has 0 bridgehead atoms. The van der Waals surface area contributed by atoms with Crippen LogP contribution in [0.2, 0.25) is 0 Å². The average Bonchev–Trinajstić information content (AvgIpc) is 3.10. The summed E-state index contributed by atoms with van der Waals surface area (Å²) in [6, 6.07) is 17.6. The summed E-state index contributed by atoms with van der Waals surface area (Å²) in [5.74, 6) is 1.33. The van der Waals surface area contributed by atoms with E-state index in [1.54, 1.807) is 49.7 Å². The van der Waals surface area contributed by atoms with E-state index in [-0.39, 0.29) is 16.5 Å². The lowest BCUT2D eigenvalue weighted by molar-refractivity contribution is -0.385. The molecule has 9 nitrogen and oxygen atoms in total. The van der Waals surface area contributed by atoms with Gasteiger partial charge >= 0.3 is 0 Å². The number of methoxy groups -OCH3 is 1. The zero-order valence-corrected chi connectivity index (χ0v) is 19.0. The fraction of sp³-hybridized carbons (Fsp3) is 0.280. The van der Waals surface area contributed by atoms with Gasteiger partial charge in [-0.1, -0.05) is 18.2 Å². The van der Waals surface area contributed by atoms with Crippen molar-refractivity contribution in [3.63, 3.8) is 0 Å². The number of nitro groups is 1. The van der Waals surface area contributed by atoms with Crippen LogP contribution in [0.1, 0.15) is 22.3 Å². The molecule has 1 aromatic heterocycles. The Morgan fingerprint density at radius 2 is 1.85 bits per heavy atom. The van der Waals surface area contributed by atoms with Crippen molar-refractivity contribution in [3.8, 4) is 5.75 Å². The van der Waals surface area contributed by atoms with Crippen LogP contribution in [0.3, 0.4) is 0 Å². The number of benzene rings is 2. The summed E-state index contributed by atoms with van der Waals surface area (Å²) in [6.45, 7) is 3.81. The Morgan fingerprint density at radius 3 is 2.56 bits per heavy atom. The number of rotatable bonds is 7. The summed E-state index contributed by atoms with van der Waals surface area (Å²) < 4.78 is 5.12. The highest BCUT2D eigenvalue weighted by Crippen LogP contribution is 2.22. The van der Waals surface area contributed by atoms with E-state index in [0.29, 0.717) is 23.5 Å². The number of para-hydroxylation sites is 1. The van der Waals surface area contributed by atoms with Gasteiger partial charge in [-0.3, -0.25) is 19.8 Å². The van der Waals surface area contributed by atoms with Crippen molar-refractivity contribution in [1.82, 2.24) is 9.88 Å². The van der Waals surface area contributed by atoms with E-state index in [2.05, 4.69) is 20.1 Å². The van der Waals surface area contributed by atoms with Gasteiger partial charge in [0, 0.05) is 49.9 Å². The van der Waals surface area contributed by atoms with Crippen LogP contribution >= 0.6 is 0 Å². The number of nitrogens with one attached hydrogen (secondary N) is 1. The third-order valence-electron chi connectivity index (χ3n) is 5.85. The molecule has 4 rings (SSSR count). The van der Waals surface area contributed by atoms with Gasteiger partial charge in [0.25, 0.3) is 11.6 Å². The van der Waals surface area contributed by atoms with Gasteiger partial charge < -0.3 is 15.0 Å². The summed E-state index contributed by atoms with van der Waals surface area (Å²) >= 11 is 0. The number of aromatic nitrogens is 1.